The molecule has 4 aromatic rings. The van der Waals surface area contributed by atoms with E-state index in [-0.39, 0.29) is 11.9 Å². The first-order valence-corrected chi connectivity index (χ1v) is 10.6. The number of imidazole rings is 2. The Labute approximate surface area is 181 Å². The number of carbonyl (C=O) groups excluding carboxylic acids is 1. The predicted molar refractivity (Wildman–Crippen MR) is 119 cm³/mol. The first kappa shape index (κ1) is 19.5. The SMILES string of the molecule is Cc1ccn2cc(C(=O)N3CCN([C@@H](c4ccccc4)c4nccn4C)CC3)nc2c1. The zero-order chi connectivity index (χ0) is 21.4. The van der Waals surface area contributed by atoms with Crippen molar-refractivity contribution in [1.82, 2.24) is 28.7 Å². The monoisotopic (exact) mass is 414 g/mol. The Morgan fingerprint density at radius 3 is 2.52 bits per heavy atom. The highest BCUT2D eigenvalue weighted by Crippen LogP contribution is 2.28. The van der Waals surface area contributed by atoms with E-state index in [2.05, 4.69) is 43.7 Å². The van der Waals surface area contributed by atoms with E-state index in [4.69, 9.17) is 0 Å². The molecule has 0 N–H and O–H groups in total. The molecule has 0 spiro atoms. The van der Waals surface area contributed by atoms with Crippen LogP contribution in [0.15, 0.2) is 67.3 Å². The first-order valence-electron chi connectivity index (χ1n) is 10.6. The standard InChI is InChI=1S/C24H26N6O/c1-18-8-10-30-17-20(26-21(30)16-18)24(31)29-14-12-28(13-15-29)22(19-6-4-3-5-7-19)23-25-9-11-27(23)2/h3-11,16-17,22H,12-15H2,1-2H3/t22-/m0/s1. The van der Waals surface area contributed by atoms with Crippen molar-refractivity contribution in [3.05, 3.63) is 89.9 Å². The molecular formula is C24H26N6O. The quantitative estimate of drug-likeness (QED) is 0.515. The van der Waals surface area contributed by atoms with Gasteiger partial charge in [0.25, 0.3) is 5.91 Å². The van der Waals surface area contributed by atoms with E-state index >= 15 is 0 Å². The largest absolute Gasteiger partial charge is 0.336 e. The highest BCUT2D eigenvalue weighted by molar-refractivity contribution is 5.93. The third kappa shape index (κ3) is 3.72. The van der Waals surface area contributed by atoms with Gasteiger partial charge < -0.3 is 13.9 Å². The van der Waals surface area contributed by atoms with Crippen LogP contribution in [0.5, 0.6) is 0 Å². The summed E-state index contributed by atoms with van der Waals surface area (Å²) in [5.41, 5.74) is 3.66. The van der Waals surface area contributed by atoms with Crippen molar-refractivity contribution >= 4 is 11.6 Å². The molecule has 1 amide bonds. The Balaban J connectivity index is 1.34. The minimum absolute atomic E-state index is 0.00532. The van der Waals surface area contributed by atoms with Crippen molar-refractivity contribution < 1.29 is 4.79 Å². The summed E-state index contributed by atoms with van der Waals surface area (Å²) in [6.45, 7) is 4.93. The fourth-order valence-corrected chi connectivity index (χ4v) is 4.33. The normalized spacial score (nSPS) is 16.0. The maximum absolute atomic E-state index is 13.1. The number of aromatic nitrogens is 4. The summed E-state index contributed by atoms with van der Waals surface area (Å²) in [4.78, 5) is 26.6. The lowest BCUT2D eigenvalue weighted by Crippen LogP contribution is -2.50. The third-order valence-electron chi connectivity index (χ3n) is 6.02. The summed E-state index contributed by atoms with van der Waals surface area (Å²) >= 11 is 0. The summed E-state index contributed by atoms with van der Waals surface area (Å²) in [6, 6.07) is 14.5. The predicted octanol–water partition coefficient (Wildman–Crippen LogP) is 2.92. The number of piperazine rings is 1. The Bertz CT molecular complexity index is 1200. The maximum atomic E-state index is 13.1. The van der Waals surface area contributed by atoms with Crippen LogP contribution in [0.1, 0.15) is 33.5 Å². The van der Waals surface area contributed by atoms with E-state index in [0.29, 0.717) is 18.8 Å². The number of hydrogen-bond acceptors (Lipinski definition) is 4. The summed E-state index contributed by atoms with van der Waals surface area (Å²) in [7, 11) is 2.03. The van der Waals surface area contributed by atoms with Gasteiger partial charge in [0.15, 0.2) is 0 Å². The minimum atomic E-state index is -0.00532. The summed E-state index contributed by atoms with van der Waals surface area (Å²) in [5.74, 6) is 1.01. The van der Waals surface area contributed by atoms with E-state index in [0.717, 1.165) is 30.1 Å². The van der Waals surface area contributed by atoms with Gasteiger partial charge in [-0.1, -0.05) is 30.3 Å². The molecule has 0 radical (unpaired) electrons. The van der Waals surface area contributed by atoms with Gasteiger partial charge in [0.2, 0.25) is 0 Å². The van der Waals surface area contributed by atoms with Crippen LogP contribution in [-0.4, -0.2) is 60.8 Å². The average molecular weight is 415 g/mol. The number of rotatable bonds is 4. The molecule has 0 unspecified atom stereocenters. The van der Waals surface area contributed by atoms with E-state index in [9.17, 15) is 4.79 Å². The van der Waals surface area contributed by atoms with Crippen LogP contribution in [0.2, 0.25) is 0 Å². The lowest BCUT2D eigenvalue weighted by molar-refractivity contribution is 0.0585. The molecule has 4 heterocycles. The molecular weight excluding hydrogens is 388 g/mol. The molecule has 0 bridgehead atoms. The minimum Gasteiger partial charge on any atom is -0.336 e. The molecule has 1 aliphatic heterocycles. The average Bonchev–Trinajstić information content (AvgIpc) is 3.41. The molecule has 0 saturated carbocycles. The second-order valence-electron chi connectivity index (χ2n) is 8.13. The number of pyridine rings is 1. The van der Waals surface area contributed by atoms with E-state index in [1.54, 1.807) is 0 Å². The van der Waals surface area contributed by atoms with Gasteiger partial charge in [-0.05, 0) is 30.2 Å². The van der Waals surface area contributed by atoms with Gasteiger partial charge in [-0.2, -0.15) is 0 Å². The Morgan fingerprint density at radius 1 is 1.03 bits per heavy atom. The number of hydrogen-bond donors (Lipinski definition) is 0. The van der Waals surface area contributed by atoms with Gasteiger partial charge in [-0.25, -0.2) is 9.97 Å². The molecule has 3 aromatic heterocycles. The van der Waals surface area contributed by atoms with Crippen LogP contribution in [0, 0.1) is 6.92 Å². The fourth-order valence-electron chi connectivity index (χ4n) is 4.33. The fraction of sp³-hybridized carbons (Fsp3) is 0.292. The lowest BCUT2D eigenvalue weighted by Gasteiger charge is -2.39. The van der Waals surface area contributed by atoms with Gasteiger partial charge in [0, 0.05) is 58.0 Å². The van der Waals surface area contributed by atoms with Gasteiger partial charge in [-0.15, -0.1) is 0 Å². The van der Waals surface area contributed by atoms with Gasteiger partial charge in [0.1, 0.15) is 17.2 Å². The van der Waals surface area contributed by atoms with Crippen LogP contribution in [0.25, 0.3) is 5.65 Å². The van der Waals surface area contributed by atoms with Crippen LogP contribution in [-0.2, 0) is 7.05 Å². The molecule has 158 valence electrons. The molecule has 5 rings (SSSR count). The number of nitrogens with zero attached hydrogens (tertiary/aromatic N) is 6. The van der Waals surface area contributed by atoms with Gasteiger partial charge in [-0.3, -0.25) is 9.69 Å². The number of fused-ring (bicyclic) bond motifs is 1. The van der Waals surface area contributed by atoms with Crippen LogP contribution < -0.4 is 0 Å². The highest BCUT2D eigenvalue weighted by Gasteiger charge is 2.31. The number of aryl methyl sites for hydroxylation is 2. The lowest BCUT2D eigenvalue weighted by atomic mass is 10.0. The first-order chi connectivity index (χ1) is 15.1. The van der Waals surface area contributed by atoms with Crippen molar-refractivity contribution in [2.75, 3.05) is 26.2 Å². The number of amides is 1. The van der Waals surface area contributed by atoms with E-state index in [1.807, 2.05) is 66.3 Å². The molecule has 7 heteroatoms. The molecule has 0 aliphatic carbocycles. The maximum Gasteiger partial charge on any atom is 0.274 e. The zero-order valence-corrected chi connectivity index (χ0v) is 17.8. The van der Waals surface area contributed by atoms with Gasteiger partial charge >= 0.3 is 0 Å². The van der Waals surface area contributed by atoms with E-state index < -0.39 is 0 Å². The molecule has 1 atom stereocenters. The van der Waals surface area contributed by atoms with Crippen LogP contribution in [0.4, 0.5) is 0 Å². The summed E-state index contributed by atoms with van der Waals surface area (Å²) in [6.07, 6.45) is 7.60. The molecule has 1 fully saturated rings. The van der Waals surface area contributed by atoms with Gasteiger partial charge in [0.05, 0.1) is 6.04 Å². The number of benzene rings is 1. The van der Waals surface area contributed by atoms with Crippen LogP contribution >= 0.6 is 0 Å². The topological polar surface area (TPSA) is 58.7 Å². The summed E-state index contributed by atoms with van der Waals surface area (Å²) < 4.78 is 3.98. The Kier molecular flexibility index (Phi) is 5.03. The molecule has 7 nitrogen and oxygen atoms in total. The highest BCUT2D eigenvalue weighted by atomic mass is 16.2. The van der Waals surface area contributed by atoms with Crippen molar-refractivity contribution in [1.29, 1.82) is 0 Å². The molecule has 1 saturated heterocycles. The van der Waals surface area contributed by atoms with Crippen molar-refractivity contribution in [3.8, 4) is 0 Å². The van der Waals surface area contributed by atoms with Crippen LogP contribution in [0.3, 0.4) is 0 Å². The number of carbonyl (C=O) groups is 1. The van der Waals surface area contributed by atoms with Crippen molar-refractivity contribution in [3.63, 3.8) is 0 Å². The van der Waals surface area contributed by atoms with Crippen molar-refractivity contribution in [2.24, 2.45) is 7.05 Å². The van der Waals surface area contributed by atoms with Crippen molar-refractivity contribution in [2.45, 2.75) is 13.0 Å². The Morgan fingerprint density at radius 2 is 1.81 bits per heavy atom. The third-order valence-corrected chi connectivity index (χ3v) is 6.02. The molecule has 31 heavy (non-hydrogen) atoms. The molecule has 1 aliphatic rings. The Hall–Kier alpha value is -3.45. The summed E-state index contributed by atoms with van der Waals surface area (Å²) in [5, 5.41) is 0. The second kappa shape index (κ2) is 8.00. The molecule has 1 aromatic carbocycles. The van der Waals surface area contributed by atoms with E-state index in [1.165, 1.54) is 5.56 Å². The smallest absolute Gasteiger partial charge is 0.274 e. The second-order valence-corrected chi connectivity index (χ2v) is 8.13. The zero-order valence-electron chi connectivity index (χ0n) is 17.8.